The molecule has 2 N–H and O–H groups in total. The molecule has 0 aliphatic rings. The number of para-hydroxylation sites is 1. The molecule has 0 aromatic heterocycles. The third kappa shape index (κ3) is 6.14. The fraction of sp³-hybridized carbons (Fsp3) is 0.250. The number of esters is 1. The average molecular weight is 370 g/mol. The standard InChI is InChI=1S/C20H22N2O5/c1-3-14-8-10-15(11-9-14)22-18(23)13-27-19(24)12-21-20(25)16-6-4-5-7-17(16)26-2/h4-11H,3,12-13H2,1-2H3,(H,21,25)(H,22,23). The highest BCUT2D eigenvalue weighted by Crippen LogP contribution is 2.16. The van der Waals surface area contributed by atoms with Crippen LogP contribution in [0.2, 0.25) is 0 Å². The Balaban J connectivity index is 1.75. The van der Waals surface area contributed by atoms with Gasteiger partial charge in [0.05, 0.1) is 12.7 Å². The molecule has 27 heavy (non-hydrogen) atoms. The van der Waals surface area contributed by atoms with Gasteiger partial charge in [-0.1, -0.05) is 31.2 Å². The van der Waals surface area contributed by atoms with Crippen LogP contribution in [0.25, 0.3) is 0 Å². The minimum Gasteiger partial charge on any atom is -0.496 e. The molecular formula is C20H22N2O5. The van der Waals surface area contributed by atoms with Crippen molar-refractivity contribution < 1.29 is 23.9 Å². The number of carbonyl (C=O) groups excluding carboxylic acids is 3. The molecule has 2 amide bonds. The Morgan fingerprint density at radius 3 is 2.37 bits per heavy atom. The number of rotatable bonds is 8. The zero-order chi connectivity index (χ0) is 19.6. The molecule has 0 saturated carbocycles. The van der Waals surface area contributed by atoms with Gasteiger partial charge in [0.2, 0.25) is 0 Å². The van der Waals surface area contributed by atoms with Gasteiger partial charge in [-0.05, 0) is 36.2 Å². The monoisotopic (exact) mass is 370 g/mol. The van der Waals surface area contributed by atoms with Crippen molar-refractivity contribution in [3.63, 3.8) is 0 Å². The molecule has 0 atom stereocenters. The first-order valence-corrected chi connectivity index (χ1v) is 8.49. The second-order valence-electron chi connectivity index (χ2n) is 5.64. The van der Waals surface area contributed by atoms with Crippen molar-refractivity contribution in [2.45, 2.75) is 13.3 Å². The molecule has 2 aromatic rings. The third-order valence-corrected chi connectivity index (χ3v) is 3.76. The van der Waals surface area contributed by atoms with Gasteiger partial charge in [-0.25, -0.2) is 0 Å². The summed E-state index contributed by atoms with van der Waals surface area (Å²) in [6.07, 6.45) is 0.909. The first-order chi connectivity index (χ1) is 13.0. The summed E-state index contributed by atoms with van der Waals surface area (Å²) in [5.74, 6) is -1.24. The van der Waals surface area contributed by atoms with Crippen LogP contribution in [-0.2, 0) is 20.7 Å². The number of aryl methyl sites for hydroxylation is 1. The third-order valence-electron chi connectivity index (χ3n) is 3.76. The number of methoxy groups -OCH3 is 1. The second kappa shape index (κ2) is 9.96. The molecule has 0 bridgehead atoms. The minimum atomic E-state index is -0.713. The maximum atomic E-state index is 12.1. The Morgan fingerprint density at radius 1 is 1.00 bits per heavy atom. The minimum absolute atomic E-state index is 0.307. The van der Waals surface area contributed by atoms with Crippen LogP contribution in [0.3, 0.4) is 0 Å². The molecule has 0 radical (unpaired) electrons. The zero-order valence-corrected chi connectivity index (χ0v) is 15.3. The van der Waals surface area contributed by atoms with E-state index in [0.717, 1.165) is 12.0 Å². The predicted octanol–water partition coefficient (Wildman–Crippen LogP) is 2.17. The molecule has 7 heteroatoms. The maximum absolute atomic E-state index is 12.1. The molecule has 0 spiro atoms. The van der Waals surface area contributed by atoms with Crippen molar-refractivity contribution >= 4 is 23.5 Å². The van der Waals surface area contributed by atoms with E-state index in [9.17, 15) is 14.4 Å². The van der Waals surface area contributed by atoms with Crippen LogP contribution in [0.4, 0.5) is 5.69 Å². The van der Waals surface area contributed by atoms with Gasteiger partial charge in [0.1, 0.15) is 12.3 Å². The van der Waals surface area contributed by atoms with Gasteiger partial charge in [0.25, 0.3) is 11.8 Å². The molecule has 2 aromatic carbocycles. The molecule has 0 aliphatic carbocycles. The summed E-state index contributed by atoms with van der Waals surface area (Å²) in [5, 5.41) is 5.07. The number of hydrogen-bond donors (Lipinski definition) is 2. The quantitative estimate of drug-likeness (QED) is 0.695. The average Bonchev–Trinajstić information content (AvgIpc) is 2.71. The van der Waals surface area contributed by atoms with Crippen molar-refractivity contribution in [2.24, 2.45) is 0 Å². The van der Waals surface area contributed by atoms with Crippen molar-refractivity contribution in [3.8, 4) is 5.75 Å². The van der Waals surface area contributed by atoms with E-state index >= 15 is 0 Å². The van der Waals surface area contributed by atoms with E-state index < -0.39 is 24.4 Å². The van der Waals surface area contributed by atoms with Gasteiger partial charge in [-0.3, -0.25) is 14.4 Å². The van der Waals surface area contributed by atoms with Crippen LogP contribution >= 0.6 is 0 Å². The van der Waals surface area contributed by atoms with Crippen LogP contribution in [0, 0.1) is 0 Å². The Labute approximate surface area is 157 Å². The molecule has 7 nitrogen and oxygen atoms in total. The topological polar surface area (TPSA) is 93.7 Å². The fourth-order valence-electron chi connectivity index (χ4n) is 2.30. The maximum Gasteiger partial charge on any atom is 0.325 e. The lowest BCUT2D eigenvalue weighted by Gasteiger charge is -2.09. The lowest BCUT2D eigenvalue weighted by atomic mass is 10.1. The van der Waals surface area contributed by atoms with Crippen molar-refractivity contribution in [1.82, 2.24) is 5.32 Å². The fourth-order valence-corrected chi connectivity index (χ4v) is 2.30. The summed E-state index contributed by atoms with van der Waals surface area (Å²) in [5.41, 5.74) is 2.09. The van der Waals surface area contributed by atoms with E-state index in [1.165, 1.54) is 7.11 Å². The predicted molar refractivity (Wildman–Crippen MR) is 101 cm³/mol. The van der Waals surface area contributed by atoms with Gasteiger partial charge >= 0.3 is 5.97 Å². The summed E-state index contributed by atoms with van der Waals surface area (Å²) in [4.78, 5) is 35.6. The number of hydrogen-bond acceptors (Lipinski definition) is 5. The zero-order valence-electron chi connectivity index (χ0n) is 15.3. The van der Waals surface area contributed by atoms with Gasteiger partial charge in [0.15, 0.2) is 6.61 Å². The molecule has 0 heterocycles. The molecule has 142 valence electrons. The van der Waals surface area contributed by atoms with Crippen LogP contribution in [0.15, 0.2) is 48.5 Å². The lowest BCUT2D eigenvalue weighted by Crippen LogP contribution is -2.32. The number of benzene rings is 2. The summed E-state index contributed by atoms with van der Waals surface area (Å²) in [7, 11) is 1.45. The molecular weight excluding hydrogens is 348 g/mol. The summed E-state index contributed by atoms with van der Waals surface area (Å²) >= 11 is 0. The summed E-state index contributed by atoms with van der Waals surface area (Å²) < 4.78 is 9.96. The SMILES string of the molecule is CCc1ccc(NC(=O)COC(=O)CNC(=O)c2ccccc2OC)cc1. The second-order valence-corrected chi connectivity index (χ2v) is 5.64. The van der Waals surface area contributed by atoms with Crippen molar-refractivity contribution in [3.05, 3.63) is 59.7 Å². The van der Waals surface area contributed by atoms with E-state index in [1.807, 2.05) is 19.1 Å². The summed E-state index contributed by atoms with van der Waals surface area (Å²) in [6, 6.07) is 14.0. The largest absolute Gasteiger partial charge is 0.496 e. The van der Waals surface area contributed by atoms with Crippen molar-refractivity contribution in [2.75, 3.05) is 25.6 Å². The number of anilines is 1. The smallest absolute Gasteiger partial charge is 0.325 e. The normalized spacial score (nSPS) is 10.0. The Morgan fingerprint density at radius 2 is 1.70 bits per heavy atom. The number of carbonyl (C=O) groups is 3. The molecule has 0 saturated heterocycles. The molecule has 0 aliphatic heterocycles. The van der Waals surface area contributed by atoms with E-state index in [-0.39, 0.29) is 6.54 Å². The van der Waals surface area contributed by atoms with Crippen LogP contribution in [0.5, 0.6) is 5.75 Å². The van der Waals surface area contributed by atoms with E-state index in [1.54, 1.807) is 36.4 Å². The Bertz CT molecular complexity index is 802. The molecule has 2 rings (SSSR count). The first-order valence-electron chi connectivity index (χ1n) is 8.49. The van der Waals surface area contributed by atoms with E-state index in [4.69, 9.17) is 9.47 Å². The molecule has 0 unspecified atom stereocenters. The van der Waals surface area contributed by atoms with Gasteiger partial charge in [-0.2, -0.15) is 0 Å². The van der Waals surface area contributed by atoms with Gasteiger partial charge < -0.3 is 20.1 Å². The highest BCUT2D eigenvalue weighted by atomic mass is 16.5. The Kier molecular flexibility index (Phi) is 7.37. The Hall–Kier alpha value is -3.35. The number of nitrogens with one attached hydrogen (secondary N) is 2. The van der Waals surface area contributed by atoms with Gasteiger partial charge in [-0.15, -0.1) is 0 Å². The van der Waals surface area contributed by atoms with Crippen LogP contribution < -0.4 is 15.4 Å². The molecule has 0 fully saturated rings. The summed E-state index contributed by atoms with van der Waals surface area (Å²) in [6.45, 7) is 1.26. The highest BCUT2D eigenvalue weighted by molar-refractivity contribution is 5.98. The van der Waals surface area contributed by atoms with Crippen LogP contribution in [-0.4, -0.2) is 38.0 Å². The first kappa shape index (κ1) is 20.0. The van der Waals surface area contributed by atoms with Crippen LogP contribution in [0.1, 0.15) is 22.8 Å². The number of ether oxygens (including phenoxy) is 2. The van der Waals surface area contributed by atoms with Crippen molar-refractivity contribution in [1.29, 1.82) is 0 Å². The van der Waals surface area contributed by atoms with E-state index in [0.29, 0.717) is 17.0 Å². The van der Waals surface area contributed by atoms with Gasteiger partial charge in [0, 0.05) is 5.69 Å². The lowest BCUT2D eigenvalue weighted by molar-refractivity contribution is -0.146. The van der Waals surface area contributed by atoms with E-state index in [2.05, 4.69) is 10.6 Å². The highest BCUT2D eigenvalue weighted by Gasteiger charge is 2.14. The number of amides is 2.